The fraction of sp³-hybridized carbons (Fsp3) is 0.882. The fourth-order valence-electron chi connectivity index (χ4n) is 3.07. The van der Waals surface area contributed by atoms with Gasteiger partial charge in [0.05, 0.1) is 13.2 Å². The van der Waals surface area contributed by atoms with Crippen LogP contribution >= 0.6 is 0 Å². The Morgan fingerprint density at radius 2 is 2.12 bits per heavy atom. The van der Waals surface area contributed by atoms with Gasteiger partial charge in [-0.1, -0.05) is 0 Å². The van der Waals surface area contributed by atoms with Crippen LogP contribution in [0.5, 0.6) is 0 Å². The zero-order valence-electron chi connectivity index (χ0n) is 15.0. The van der Waals surface area contributed by atoms with Crippen molar-refractivity contribution in [3.05, 3.63) is 0 Å². The molecule has 2 heterocycles. The van der Waals surface area contributed by atoms with E-state index < -0.39 is 23.2 Å². The van der Waals surface area contributed by atoms with Crippen molar-refractivity contribution in [2.45, 2.75) is 57.7 Å². The molecule has 24 heavy (non-hydrogen) atoms. The van der Waals surface area contributed by atoms with Crippen LogP contribution in [0.25, 0.3) is 0 Å². The second-order valence-corrected chi connectivity index (χ2v) is 7.83. The summed E-state index contributed by atoms with van der Waals surface area (Å²) < 4.78 is 10.7. The maximum Gasteiger partial charge on any atom is 0.410 e. The first-order valence-electron chi connectivity index (χ1n) is 8.76. The Bertz CT molecular complexity index is 456. The molecular formula is C17H30N2O5. The Kier molecular flexibility index (Phi) is 6.09. The van der Waals surface area contributed by atoms with E-state index in [1.54, 1.807) is 20.8 Å². The lowest BCUT2D eigenvalue weighted by Gasteiger charge is -2.38. The van der Waals surface area contributed by atoms with Gasteiger partial charge in [-0.25, -0.2) is 4.79 Å². The number of nitrogens with one attached hydrogen (secondary N) is 1. The Morgan fingerprint density at radius 3 is 2.75 bits per heavy atom. The second-order valence-electron chi connectivity index (χ2n) is 7.83. The topological polar surface area (TPSA) is 88.1 Å². The molecular weight excluding hydrogens is 312 g/mol. The van der Waals surface area contributed by atoms with E-state index in [-0.39, 0.29) is 12.5 Å². The van der Waals surface area contributed by atoms with Crippen molar-refractivity contribution in [3.8, 4) is 0 Å². The van der Waals surface area contributed by atoms with E-state index in [1.165, 1.54) is 4.90 Å². The molecule has 0 spiro atoms. The molecule has 0 radical (unpaired) electrons. The first-order valence-corrected chi connectivity index (χ1v) is 8.76. The van der Waals surface area contributed by atoms with Crippen LogP contribution < -0.4 is 5.32 Å². The van der Waals surface area contributed by atoms with E-state index in [1.807, 2.05) is 0 Å². The molecule has 7 heteroatoms. The molecule has 2 N–H and O–H groups in total. The van der Waals surface area contributed by atoms with E-state index in [2.05, 4.69) is 5.32 Å². The molecule has 0 aromatic heterocycles. The number of hydrogen-bond acceptors (Lipinski definition) is 5. The smallest absolute Gasteiger partial charge is 0.410 e. The number of carbonyl (C=O) groups is 2. The number of hydrogen-bond donors (Lipinski definition) is 2. The fourth-order valence-corrected chi connectivity index (χ4v) is 3.07. The van der Waals surface area contributed by atoms with E-state index in [0.29, 0.717) is 32.5 Å². The first-order chi connectivity index (χ1) is 11.2. The molecule has 0 saturated carbocycles. The molecule has 0 bridgehead atoms. The third kappa shape index (κ3) is 5.34. The van der Waals surface area contributed by atoms with Gasteiger partial charge in [-0.15, -0.1) is 0 Å². The maximum atomic E-state index is 12.4. The van der Waals surface area contributed by atoms with Crippen LogP contribution in [0, 0.1) is 5.92 Å². The molecule has 0 aliphatic carbocycles. The van der Waals surface area contributed by atoms with Crippen molar-refractivity contribution in [1.82, 2.24) is 10.2 Å². The summed E-state index contributed by atoms with van der Waals surface area (Å²) in [5, 5.41) is 13.5. The van der Waals surface area contributed by atoms with Crippen LogP contribution in [0.1, 0.15) is 46.5 Å². The van der Waals surface area contributed by atoms with Gasteiger partial charge in [-0.05, 0) is 52.4 Å². The Labute approximate surface area is 143 Å². The van der Waals surface area contributed by atoms with Crippen molar-refractivity contribution in [1.29, 1.82) is 0 Å². The highest BCUT2D eigenvalue weighted by Gasteiger charge is 2.42. The third-order valence-electron chi connectivity index (χ3n) is 4.35. The monoisotopic (exact) mass is 342 g/mol. The van der Waals surface area contributed by atoms with E-state index >= 15 is 0 Å². The molecule has 2 unspecified atom stereocenters. The largest absolute Gasteiger partial charge is 0.444 e. The molecule has 0 aromatic rings. The van der Waals surface area contributed by atoms with E-state index in [9.17, 15) is 14.7 Å². The average Bonchev–Trinajstić information content (AvgIpc) is 2.52. The Hall–Kier alpha value is -1.34. The lowest BCUT2D eigenvalue weighted by Crippen LogP contribution is -2.59. The number of likely N-dealkylation sites (tertiary alicyclic amines) is 1. The van der Waals surface area contributed by atoms with Crippen molar-refractivity contribution < 1.29 is 24.2 Å². The molecule has 2 amide bonds. The molecule has 7 nitrogen and oxygen atoms in total. The summed E-state index contributed by atoms with van der Waals surface area (Å²) in [5.74, 6) is -0.127. The van der Waals surface area contributed by atoms with Crippen LogP contribution in [-0.4, -0.2) is 66.1 Å². The van der Waals surface area contributed by atoms with Gasteiger partial charge < -0.3 is 24.8 Å². The number of nitrogens with zero attached hydrogens (tertiary/aromatic N) is 1. The van der Waals surface area contributed by atoms with E-state index in [4.69, 9.17) is 9.47 Å². The summed E-state index contributed by atoms with van der Waals surface area (Å²) >= 11 is 0. The van der Waals surface area contributed by atoms with Gasteiger partial charge in [0.1, 0.15) is 5.60 Å². The number of β-amino-alcohol motifs (C(OH)–C–C–N with tert-alkyl or cyclic N) is 1. The van der Waals surface area contributed by atoms with Crippen LogP contribution in [0.2, 0.25) is 0 Å². The molecule has 2 aliphatic rings. The van der Waals surface area contributed by atoms with Crippen molar-refractivity contribution in [2.24, 2.45) is 5.92 Å². The van der Waals surface area contributed by atoms with Gasteiger partial charge in [0.2, 0.25) is 0 Å². The molecule has 2 aliphatic heterocycles. The summed E-state index contributed by atoms with van der Waals surface area (Å²) in [4.78, 5) is 26.0. The molecule has 0 aromatic carbocycles. The van der Waals surface area contributed by atoms with Crippen LogP contribution in [0.4, 0.5) is 4.79 Å². The van der Waals surface area contributed by atoms with Gasteiger partial charge in [-0.2, -0.15) is 0 Å². The maximum absolute atomic E-state index is 12.4. The SMILES string of the molecule is CC(C)(C)OC(=O)N1CCCC(O)(C(=O)NCC2CCCOC2)C1. The standard InChI is InChI=1S/C17H30N2O5/c1-16(2,3)24-15(21)19-8-5-7-17(22,12-19)14(20)18-10-13-6-4-9-23-11-13/h13,22H,4-12H2,1-3H3,(H,18,20). The van der Waals surface area contributed by atoms with Crippen LogP contribution in [-0.2, 0) is 14.3 Å². The number of rotatable bonds is 3. The summed E-state index contributed by atoms with van der Waals surface area (Å²) in [6.07, 6.45) is 2.43. The van der Waals surface area contributed by atoms with Crippen molar-refractivity contribution in [3.63, 3.8) is 0 Å². The minimum atomic E-state index is -1.55. The van der Waals surface area contributed by atoms with Gasteiger partial charge in [0.15, 0.2) is 5.60 Å². The quantitative estimate of drug-likeness (QED) is 0.807. The zero-order valence-corrected chi connectivity index (χ0v) is 15.0. The summed E-state index contributed by atoms with van der Waals surface area (Å²) in [6.45, 7) is 7.74. The number of ether oxygens (including phenoxy) is 2. The highest BCUT2D eigenvalue weighted by Crippen LogP contribution is 2.23. The first kappa shape index (κ1) is 19.0. The number of piperidine rings is 1. The van der Waals surface area contributed by atoms with Crippen molar-refractivity contribution in [2.75, 3.05) is 32.8 Å². The van der Waals surface area contributed by atoms with Gasteiger partial charge >= 0.3 is 6.09 Å². The summed E-state index contributed by atoms with van der Waals surface area (Å²) in [6, 6.07) is 0. The lowest BCUT2D eigenvalue weighted by molar-refractivity contribution is -0.145. The number of amides is 2. The minimum Gasteiger partial charge on any atom is -0.444 e. The van der Waals surface area contributed by atoms with Gasteiger partial charge in [-0.3, -0.25) is 4.79 Å². The van der Waals surface area contributed by atoms with Gasteiger partial charge in [0.25, 0.3) is 5.91 Å². The summed E-state index contributed by atoms with van der Waals surface area (Å²) in [7, 11) is 0. The highest BCUT2D eigenvalue weighted by atomic mass is 16.6. The molecule has 2 rings (SSSR count). The predicted molar refractivity (Wildman–Crippen MR) is 88.5 cm³/mol. The Morgan fingerprint density at radius 1 is 1.38 bits per heavy atom. The van der Waals surface area contributed by atoms with Crippen LogP contribution in [0.3, 0.4) is 0 Å². The second kappa shape index (κ2) is 7.70. The minimum absolute atomic E-state index is 0.0328. The predicted octanol–water partition coefficient (Wildman–Crippen LogP) is 1.29. The van der Waals surface area contributed by atoms with Crippen LogP contribution in [0.15, 0.2) is 0 Å². The normalized spacial score (nSPS) is 28.3. The summed E-state index contributed by atoms with van der Waals surface area (Å²) in [5.41, 5.74) is -2.15. The zero-order chi connectivity index (χ0) is 17.8. The number of carbonyl (C=O) groups excluding carboxylic acids is 2. The van der Waals surface area contributed by atoms with Gasteiger partial charge in [0, 0.05) is 19.7 Å². The third-order valence-corrected chi connectivity index (χ3v) is 4.35. The van der Waals surface area contributed by atoms with Crippen molar-refractivity contribution >= 4 is 12.0 Å². The number of aliphatic hydroxyl groups is 1. The highest BCUT2D eigenvalue weighted by molar-refractivity contribution is 5.86. The Balaban J connectivity index is 1.87. The molecule has 2 saturated heterocycles. The average molecular weight is 342 g/mol. The molecule has 2 fully saturated rings. The molecule has 2 atom stereocenters. The lowest BCUT2D eigenvalue weighted by atomic mass is 9.91. The van der Waals surface area contributed by atoms with E-state index in [0.717, 1.165) is 19.4 Å². The molecule has 138 valence electrons.